The lowest BCUT2D eigenvalue weighted by Gasteiger charge is -2.36. The molecule has 0 aliphatic heterocycles. The summed E-state index contributed by atoms with van der Waals surface area (Å²) < 4.78 is 0. The Kier molecular flexibility index (Phi) is 4.23. The Hall–Kier alpha value is -1.09. The largest absolute Gasteiger partial charge is 0.390 e. The molecule has 0 aromatic carbocycles. The van der Waals surface area contributed by atoms with Crippen molar-refractivity contribution in [1.29, 1.82) is 0 Å². The second-order valence-corrected chi connectivity index (χ2v) is 5.68. The SMILES string of the molecule is CCCC1CCC(O)(Cc2cccnc2N)CC1. The van der Waals surface area contributed by atoms with Crippen molar-refractivity contribution >= 4 is 5.82 Å². The Labute approximate surface area is 109 Å². The van der Waals surface area contributed by atoms with Crippen LogP contribution in [0.4, 0.5) is 5.82 Å². The van der Waals surface area contributed by atoms with E-state index in [0.717, 1.165) is 37.2 Å². The number of pyridine rings is 1. The predicted octanol–water partition coefficient (Wildman–Crippen LogP) is 2.93. The molecule has 100 valence electrons. The highest BCUT2D eigenvalue weighted by molar-refractivity contribution is 5.39. The van der Waals surface area contributed by atoms with Crippen LogP contribution >= 0.6 is 0 Å². The van der Waals surface area contributed by atoms with Gasteiger partial charge in [-0.15, -0.1) is 0 Å². The Bertz CT molecular complexity index is 384. The average Bonchev–Trinajstić information content (AvgIpc) is 2.36. The number of nitrogens with zero attached hydrogens (tertiary/aromatic N) is 1. The molecule has 3 nitrogen and oxygen atoms in total. The molecule has 1 fully saturated rings. The fraction of sp³-hybridized carbons (Fsp3) is 0.667. The minimum absolute atomic E-state index is 0.557. The van der Waals surface area contributed by atoms with Gasteiger partial charge in [0.05, 0.1) is 5.60 Å². The third-order valence-electron chi connectivity index (χ3n) is 4.18. The monoisotopic (exact) mass is 248 g/mol. The summed E-state index contributed by atoms with van der Waals surface area (Å²) in [6.07, 6.45) is 8.96. The van der Waals surface area contributed by atoms with Gasteiger partial charge < -0.3 is 10.8 Å². The van der Waals surface area contributed by atoms with E-state index in [0.29, 0.717) is 12.2 Å². The van der Waals surface area contributed by atoms with Crippen LogP contribution in [0.15, 0.2) is 18.3 Å². The molecule has 0 bridgehead atoms. The zero-order chi connectivity index (χ0) is 13.0. The lowest BCUT2D eigenvalue weighted by molar-refractivity contribution is -0.00979. The van der Waals surface area contributed by atoms with Gasteiger partial charge in [-0.1, -0.05) is 25.8 Å². The van der Waals surface area contributed by atoms with Gasteiger partial charge in [0.15, 0.2) is 0 Å². The van der Waals surface area contributed by atoms with Gasteiger partial charge >= 0.3 is 0 Å². The number of nitrogen functional groups attached to an aromatic ring is 1. The second kappa shape index (κ2) is 5.70. The van der Waals surface area contributed by atoms with Crippen LogP contribution in [0.2, 0.25) is 0 Å². The van der Waals surface area contributed by atoms with E-state index >= 15 is 0 Å². The lowest BCUT2D eigenvalue weighted by Crippen LogP contribution is -2.36. The van der Waals surface area contributed by atoms with Crippen LogP contribution in [0, 0.1) is 5.92 Å². The standard InChI is InChI=1S/C15H24N2O/c1-2-4-12-6-8-15(18,9-7-12)11-13-5-3-10-17-14(13)16/h3,5,10,12,18H,2,4,6-9,11H2,1H3,(H2,16,17). The van der Waals surface area contributed by atoms with Crippen LogP contribution in [0.25, 0.3) is 0 Å². The first-order chi connectivity index (χ1) is 8.63. The fourth-order valence-electron chi connectivity index (χ4n) is 3.04. The molecular formula is C15H24N2O. The van der Waals surface area contributed by atoms with Gasteiger partial charge in [0.2, 0.25) is 0 Å². The van der Waals surface area contributed by atoms with Crippen molar-refractivity contribution in [2.45, 2.75) is 57.5 Å². The van der Waals surface area contributed by atoms with Gasteiger partial charge in [0.1, 0.15) is 5.82 Å². The number of anilines is 1. The molecule has 0 saturated heterocycles. The molecule has 3 heteroatoms. The highest BCUT2D eigenvalue weighted by Crippen LogP contribution is 2.36. The Morgan fingerprint density at radius 1 is 1.44 bits per heavy atom. The maximum Gasteiger partial charge on any atom is 0.126 e. The second-order valence-electron chi connectivity index (χ2n) is 5.68. The van der Waals surface area contributed by atoms with E-state index < -0.39 is 5.60 Å². The predicted molar refractivity (Wildman–Crippen MR) is 74.2 cm³/mol. The first kappa shape index (κ1) is 13.3. The molecule has 0 atom stereocenters. The van der Waals surface area contributed by atoms with Crippen LogP contribution in [0.1, 0.15) is 51.0 Å². The highest BCUT2D eigenvalue weighted by atomic mass is 16.3. The Balaban J connectivity index is 1.96. The van der Waals surface area contributed by atoms with E-state index in [1.54, 1.807) is 6.20 Å². The van der Waals surface area contributed by atoms with Gasteiger partial charge in [-0.2, -0.15) is 0 Å². The summed E-state index contributed by atoms with van der Waals surface area (Å²) in [5.41, 5.74) is 6.26. The number of hydrogen-bond acceptors (Lipinski definition) is 3. The lowest BCUT2D eigenvalue weighted by atomic mass is 9.75. The summed E-state index contributed by atoms with van der Waals surface area (Å²) in [6, 6.07) is 3.86. The zero-order valence-electron chi connectivity index (χ0n) is 11.2. The van der Waals surface area contributed by atoms with Gasteiger partial charge in [-0.3, -0.25) is 0 Å². The van der Waals surface area contributed by atoms with Crippen molar-refractivity contribution in [3.63, 3.8) is 0 Å². The zero-order valence-corrected chi connectivity index (χ0v) is 11.2. The number of rotatable bonds is 4. The summed E-state index contributed by atoms with van der Waals surface area (Å²) in [6.45, 7) is 2.23. The average molecular weight is 248 g/mol. The van der Waals surface area contributed by atoms with Crippen molar-refractivity contribution in [1.82, 2.24) is 4.98 Å². The van der Waals surface area contributed by atoms with Crippen molar-refractivity contribution in [2.75, 3.05) is 5.73 Å². The topological polar surface area (TPSA) is 59.1 Å². The summed E-state index contributed by atoms with van der Waals surface area (Å²) in [4.78, 5) is 4.09. The molecule has 1 aromatic rings. The van der Waals surface area contributed by atoms with E-state index in [2.05, 4.69) is 11.9 Å². The van der Waals surface area contributed by atoms with Crippen LogP contribution in [-0.2, 0) is 6.42 Å². The van der Waals surface area contributed by atoms with Crippen molar-refractivity contribution in [3.8, 4) is 0 Å². The minimum atomic E-state index is -0.568. The third kappa shape index (κ3) is 3.22. The summed E-state index contributed by atoms with van der Waals surface area (Å²) in [5.74, 6) is 1.36. The maximum atomic E-state index is 10.7. The van der Waals surface area contributed by atoms with Gasteiger partial charge in [0.25, 0.3) is 0 Å². The number of aromatic nitrogens is 1. The number of aliphatic hydroxyl groups is 1. The quantitative estimate of drug-likeness (QED) is 0.861. The van der Waals surface area contributed by atoms with Crippen LogP contribution in [-0.4, -0.2) is 15.7 Å². The van der Waals surface area contributed by atoms with Crippen molar-refractivity contribution < 1.29 is 5.11 Å². The first-order valence-electron chi connectivity index (χ1n) is 7.05. The highest BCUT2D eigenvalue weighted by Gasteiger charge is 2.33. The van der Waals surface area contributed by atoms with Crippen molar-refractivity contribution in [3.05, 3.63) is 23.9 Å². The van der Waals surface area contributed by atoms with E-state index in [-0.39, 0.29) is 0 Å². The molecule has 1 aromatic heterocycles. The molecule has 3 N–H and O–H groups in total. The molecule has 1 saturated carbocycles. The molecule has 1 aliphatic carbocycles. The number of nitrogens with two attached hydrogens (primary N) is 1. The summed E-state index contributed by atoms with van der Waals surface area (Å²) in [5, 5.41) is 10.7. The van der Waals surface area contributed by atoms with Gasteiger partial charge in [-0.25, -0.2) is 4.98 Å². The Morgan fingerprint density at radius 3 is 2.78 bits per heavy atom. The maximum absolute atomic E-state index is 10.7. The van der Waals surface area contributed by atoms with Crippen molar-refractivity contribution in [2.24, 2.45) is 5.92 Å². The molecule has 0 spiro atoms. The van der Waals surface area contributed by atoms with E-state index in [1.165, 1.54) is 12.8 Å². The van der Waals surface area contributed by atoms with Gasteiger partial charge in [0, 0.05) is 12.6 Å². The molecule has 2 rings (SSSR count). The molecule has 0 unspecified atom stereocenters. The normalized spacial score (nSPS) is 28.2. The minimum Gasteiger partial charge on any atom is -0.390 e. The number of hydrogen-bond donors (Lipinski definition) is 2. The van der Waals surface area contributed by atoms with Crippen LogP contribution < -0.4 is 5.73 Å². The van der Waals surface area contributed by atoms with Gasteiger partial charge in [-0.05, 0) is 43.2 Å². The summed E-state index contributed by atoms with van der Waals surface area (Å²) in [7, 11) is 0. The third-order valence-corrected chi connectivity index (χ3v) is 4.18. The molecular weight excluding hydrogens is 224 g/mol. The molecule has 1 aliphatic rings. The Morgan fingerprint density at radius 2 is 2.17 bits per heavy atom. The summed E-state index contributed by atoms with van der Waals surface area (Å²) >= 11 is 0. The van der Waals surface area contributed by atoms with E-state index in [9.17, 15) is 5.11 Å². The molecule has 0 amide bonds. The first-order valence-corrected chi connectivity index (χ1v) is 7.05. The van der Waals surface area contributed by atoms with E-state index in [1.807, 2.05) is 12.1 Å². The molecule has 1 heterocycles. The molecule has 0 radical (unpaired) electrons. The fourth-order valence-corrected chi connectivity index (χ4v) is 3.04. The van der Waals surface area contributed by atoms with Crippen LogP contribution in [0.3, 0.4) is 0 Å². The molecule has 18 heavy (non-hydrogen) atoms. The van der Waals surface area contributed by atoms with Crippen LogP contribution in [0.5, 0.6) is 0 Å². The smallest absolute Gasteiger partial charge is 0.126 e. The van der Waals surface area contributed by atoms with E-state index in [4.69, 9.17) is 5.73 Å².